The van der Waals surface area contributed by atoms with Crippen LogP contribution in [0, 0.1) is 0 Å². The van der Waals surface area contributed by atoms with Gasteiger partial charge in [-0.1, -0.05) is 15.9 Å². The number of thiophene rings is 1. The molecule has 0 radical (unpaired) electrons. The smallest absolute Gasteiger partial charge is 0.201 e. The normalized spacial score (nSPS) is 11.3. The Kier molecular flexibility index (Phi) is 3.64. The minimum atomic E-state index is 0.573. The van der Waals surface area contributed by atoms with E-state index >= 15 is 0 Å². The van der Waals surface area contributed by atoms with Crippen molar-refractivity contribution in [3.05, 3.63) is 43.5 Å². The van der Waals surface area contributed by atoms with Crippen molar-refractivity contribution in [3.8, 4) is 0 Å². The number of nitrogens with two attached hydrogens (primary N) is 1. The van der Waals surface area contributed by atoms with Crippen molar-refractivity contribution in [2.45, 2.75) is 13.0 Å². The third-order valence-electron chi connectivity index (χ3n) is 2.95. The standard InChI is InChI=1S/C13H11Br2N3S/c14-8-1-3-11-10(7-8)17-13(16)18(11)6-5-9-2-4-12(15)19-9/h1-4,7H,5-6H2,(H2,16,17). The molecule has 19 heavy (non-hydrogen) atoms. The monoisotopic (exact) mass is 399 g/mol. The first-order chi connectivity index (χ1) is 9.13. The first kappa shape index (κ1) is 13.1. The van der Waals surface area contributed by atoms with E-state index in [9.17, 15) is 0 Å². The van der Waals surface area contributed by atoms with Crippen molar-refractivity contribution < 1.29 is 0 Å². The highest BCUT2D eigenvalue weighted by Crippen LogP contribution is 2.25. The second kappa shape index (κ2) is 5.26. The molecule has 2 heterocycles. The third-order valence-corrected chi connectivity index (χ3v) is 5.13. The molecule has 1 aromatic carbocycles. The van der Waals surface area contributed by atoms with Crippen LogP contribution in [0.5, 0.6) is 0 Å². The number of anilines is 1. The zero-order chi connectivity index (χ0) is 13.4. The predicted octanol–water partition coefficient (Wildman–Crippen LogP) is 4.45. The molecule has 0 amide bonds. The number of hydrogen-bond acceptors (Lipinski definition) is 3. The van der Waals surface area contributed by atoms with Crippen LogP contribution in [0.3, 0.4) is 0 Å². The molecule has 3 nitrogen and oxygen atoms in total. The number of benzene rings is 1. The summed E-state index contributed by atoms with van der Waals surface area (Å²) in [6.07, 6.45) is 0.960. The summed E-state index contributed by atoms with van der Waals surface area (Å²) in [5.41, 5.74) is 8.01. The molecule has 0 aliphatic heterocycles. The lowest BCUT2D eigenvalue weighted by molar-refractivity contribution is 0.733. The summed E-state index contributed by atoms with van der Waals surface area (Å²) in [6.45, 7) is 0.844. The Hall–Kier alpha value is -0.850. The van der Waals surface area contributed by atoms with Gasteiger partial charge >= 0.3 is 0 Å². The Morgan fingerprint density at radius 1 is 1.21 bits per heavy atom. The molecule has 98 valence electrons. The van der Waals surface area contributed by atoms with E-state index in [1.165, 1.54) is 4.88 Å². The van der Waals surface area contributed by atoms with Gasteiger partial charge in [0.1, 0.15) is 0 Å². The molecule has 3 aromatic rings. The van der Waals surface area contributed by atoms with Gasteiger partial charge in [-0.15, -0.1) is 11.3 Å². The van der Waals surface area contributed by atoms with Crippen molar-refractivity contribution in [2.24, 2.45) is 0 Å². The maximum atomic E-state index is 6.00. The van der Waals surface area contributed by atoms with Gasteiger partial charge in [0.25, 0.3) is 0 Å². The molecule has 0 aliphatic rings. The molecule has 2 N–H and O–H groups in total. The van der Waals surface area contributed by atoms with E-state index in [4.69, 9.17) is 5.73 Å². The van der Waals surface area contributed by atoms with Gasteiger partial charge in [0, 0.05) is 15.9 Å². The Labute approximate surface area is 131 Å². The molecule has 0 saturated carbocycles. The van der Waals surface area contributed by atoms with Crippen LogP contribution in [-0.4, -0.2) is 9.55 Å². The number of nitrogens with zero attached hydrogens (tertiary/aromatic N) is 2. The van der Waals surface area contributed by atoms with Crippen molar-refractivity contribution in [2.75, 3.05) is 5.73 Å². The van der Waals surface area contributed by atoms with Crippen LogP contribution >= 0.6 is 43.2 Å². The summed E-state index contributed by atoms with van der Waals surface area (Å²) in [7, 11) is 0. The minimum absolute atomic E-state index is 0.573. The van der Waals surface area contributed by atoms with Crippen LogP contribution in [0.2, 0.25) is 0 Å². The van der Waals surface area contributed by atoms with Gasteiger partial charge in [0.15, 0.2) is 0 Å². The summed E-state index contributed by atoms with van der Waals surface area (Å²) in [5.74, 6) is 0.573. The molecule has 6 heteroatoms. The van der Waals surface area contributed by atoms with Crippen LogP contribution < -0.4 is 5.73 Å². The highest BCUT2D eigenvalue weighted by atomic mass is 79.9. The Morgan fingerprint density at radius 3 is 2.79 bits per heavy atom. The maximum Gasteiger partial charge on any atom is 0.201 e. The summed E-state index contributed by atoms with van der Waals surface area (Å²) in [5, 5.41) is 0. The number of rotatable bonds is 3. The van der Waals surface area contributed by atoms with Crippen molar-refractivity contribution in [1.82, 2.24) is 9.55 Å². The first-order valence-electron chi connectivity index (χ1n) is 5.79. The average molecular weight is 401 g/mol. The first-order valence-corrected chi connectivity index (χ1v) is 8.19. The summed E-state index contributed by atoms with van der Waals surface area (Å²) in [4.78, 5) is 5.73. The number of fused-ring (bicyclic) bond motifs is 1. The summed E-state index contributed by atoms with van der Waals surface area (Å²) >= 11 is 8.69. The lowest BCUT2D eigenvalue weighted by Gasteiger charge is -2.05. The molecule has 0 atom stereocenters. The predicted molar refractivity (Wildman–Crippen MR) is 87.6 cm³/mol. The SMILES string of the molecule is Nc1nc2cc(Br)ccc2n1CCc1ccc(Br)s1. The van der Waals surface area contributed by atoms with E-state index in [1.54, 1.807) is 11.3 Å². The van der Waals surface area contributed by atoms with Gasteiger partial charge in [-0.2, -0.15) is 0 Å². The van der Waals surface area contributed by atoms with E-state index in [0.717, 1.165) is 32.3 Å². The van der Waals surface area contributed by atoms with Gasteiger partial charge < -0.3 is 10.3 Å². The lowest BCUT2D eigenvalue weighted by Crippen LogP contribution is -2.04. The maximum absolute atomic E-state index is 6.00. The fourth-order valence-corrected chi connectivity index (χ4v) is 3.89. The molecular formula is C13H11Br2N3S. The number of halogens is 2. The van der Waals surface area contributed by atoms with Crippen LogP contribution in [0.4, 0.5) is 5.95 Å². The number of imidazole rings is 1. The van der Waals surface area contributed by atoms with Gasteiger partial charge in [-0.05, 0) is 52.7 Å². The topological polar surface area (TPSA) is 43.8 Å². The Balaban J connectivity index is 1.90. The Bertz CT molecular complexity index is 733. The van der Waals surface area contributed by atoms with Crippen LogP contribution in [0.15, 0.2) is 38.6 Å². The minimum Gasteiger partial charge on any atom is -0.369 e. The fraction of sp³-hybridized carbons (Fsp3) is 0.154. The van der Waals surface area contributed by atoms with E-state index in [1.807, 2.05) is 18.2 Å². The van der Waals surface area contributed by atoms with Gasteiger partial charge in [-0.3, -0.25) is 0 Å². The largest absolute Gasteiger partial charge is 0.369 e. The van der Waals surface area contributed by atoms with E-state index in [0.29, 0.717) is 5.95 Å². The summed E-state index contributed by atoms with van der Waals surface area (Å²) in [6, 6.07) is 10.3. The Morgan fingerprint density at radius 2 is 2.05 bits per heavy atom. The highest BCUT2D eigenvalue weighted by molar-refractivity contribution is 9.11. The van der Waals surface area contributed by atoms with Gasteiger partial charge in [-0.25, -0.2) is 4.98 Å². The van der Waals surface area contributed by atoms with Crippen molar-refractivity contribution in [1.29, 1.82) is 0 Å². The highest BCUT2D eigenvalue weighted by Gasteiger charge is 2.09. The molecule has 0 fully saturated rings. The molecule has 0 spiro atoms. The molecule has 2 aromatic heterocycles. The van der Waals surface area contributed by atoms with Crippen LogP contribution in [-0.2, 0) is 13.0 Å². The van der Waals surface area contributed by atoms with Crippen molar-refractivity contribution in [3.63, 3.8) is 0 Å². The van der Waals surface area contributed by atoms with E-state index < -0.39 is 0 Å². The number of aromatic nitrogens is 2. The van der Waals surface area contributed by atoms with E-state index in [-0.39, 0.29) is 0 Å². The second-order valence-corrected chi connectivity index (χ2v) is 7.67. The molecule has 0 unspecified atom stereocenters. The van der Waals surface area contributed by atoms with Crippen molar-refractivity contribution >= 4 is 60.2 Å². The van der Waals surface area contributed by atoms with Gasteiger partial charge in [0.05, 0.1) is 14.8 Å². The van der Waals surface area contributed by atoms with Gasteiger partial charge in [0.2, 0.25) is 5.95 Å². The van der Waals surface area contributed by atoms with Crippen LogP contribution in [0.25, 0.3) is 11.0 Å². The summed E-state index contributed by atoms with van der Waals surface area (Å²) < 4.78 is 4.25. The average Bonchev–Trinajstić information content (AvgIpc) is 2.89. The number of nitrogen functional groups attached to an aromatic ring is 1. The second-order valence-electron chi connectivity index (χ2n) is 4.21. The number of aryl methyl sites for hydroxylation is 2. The third kappa shape index (κ3) is 2.70. The number of hydrogen-bond donors (Lipinski definition) is 1. The molecule has 0 aliphatic carbocycles. The fourth-order valence-electron chi connectivity index (χ4n) is 2.06. The lowest BCUT2D eigenvalue weighted by atomic mass is 10.3. The molecule has 3 rings (SSSR count). The molecule has 0 bridgehead atoms. The van der Waals surface area contributed by atoms with E-state index in [2.05, 4.69) is 53.5 Å². The van der Waals surface area contributed by atoms with Crippen LogP contribution in [0.1, 0.15) is 4.88 Å². The molecular weight excluding hydrogens is 390 g/mol. The zero-order valence-corrected chi connectivity index (χ0v) is 13.9. The quantitative estimate of drug-likeness (QED) is 0.705. The molecule has 0 saturated heterocycles. The zero-order valence-electron chi connectivity index (χ0n) is 9.94.